The molecule has 0 unspecified atom stereocenters. The number of halogens is 4. The predicted molar refractivity (Wildman–Crippen MR) is 124 cm³/mol. The van der Waals surface area contributed by atoms with Gasteiger partial charge in [-0.1, -0.05) is 22.9 Å². The zero-order valence-corrected chi connectivity index (χ0v) is 19.7. The maximum Gasteiger partial charge on any atom is 0.416 e. The molecule has 1 fully saturated rings. The summed E-state index contributed by atoms with van der Waals surface area (Å²) in [6.45, 7) is 3.30. The molecule has 1 amide bonds. The molecular formula is C22H21ClF3N5O2S. The van der Waals surface area contributed by atoms with Gasteiger partial charge in [0.25, 0.3) is 5.91 Å². The molecule has 1 aromatic carbocycles. The minimum atomic E-state index is -4.48. The highest BCUT2D eigenvalue weighted by Gasteiger charge is 2.38. The maximum atomic E-state index is 13.5. The van der Waals surface area contributed by atoms with Crippen LogP contribution in [0.4, 0.5) is 24.0 Å². The van der Waals surface area contributed by atoms with Crippen LogP contribution in [0.2, 0.25) is 5.02 Å². The fraction of sp³-hybridized carbons (Fsp3) is 0.409. The van der Waals surface area contributed by atoms with Crippen LogP contribution in [0.15, 0.2) is 24.5 Å². The number of aromatic nitrogens is 2. The molecule has 1 saturated heterocycles. The average Bonchev–Trinajstić information content (AvgIpc) is 3.18. The van der Waals surface area contributed by atoms with Crippen LogP contribution in [-0.2, 0) is 22.1 Å². The summed E-state index contributed by atoms with van der Waals surface area (Å²) in [5.74, 6) is -0.220. The number of pyridine rings is 1. The molecule has 3 aromatic rings. The summed E-state index contributed by atoms with van der Waals surface area (Å²) in [6, 6.07) is 1.58. The highest BCUT2D eigenvalue weighted by atomic mass is 35.5. The quantitative estimate of drug-likeness (QED) is 0.552. The van der Waals surface area contributed by atoms with E-state index in [4.69, 9.17) is 22.1 Å². The lowest BCUT2D eigenvalue weighted by Gasteiger charge is -2.40. The number of morpholine rings is 1. The van der Waals surface area contributed by atoms with Gasteiger partial charge in [-0.25, -0.2) is 4.98 Å². The van der Waals surface area contributed by atoms with Gasteiger partial charge in [-0.05, 0) is 36.6 Å². The first-order valence-electron chi connectivity index (χ1n) is 10.7. The minimum Gasteiger partial charge on any atom is -0.375 e. The van der Waals surface area contributed by atoms with Crippen molar-refractivity contribution in [1.29, 1.82) is 0 Å². The summed E-state index contributed by atoms with van der Waals surface area (Å²) in [4.78, 5) is 25.7. The largest absolute Gasteiger partial charge is 0.416 e. The third-order valence-corrected chi connectivity index (χ3v) is 7.55. The Morgan fingerprint density at radius 3 is 2.85 bits per heavy atom. The third-order valence-electron chi connectivity index (χ3n) is 6.31. The van der Waals surface area contributed by atoms with E-state index < -0.39 is 23.9 Å². The van der Waals surface area contributed by atoms with Gasteiger partial charge in [0.2, 0.25) is 0 Å². The van der Waals surface area contributed by atoms with Gasteiger partial charge in [-0.3, -0.25) is 9.78 Å². The van der Waals surface area contributed by atoms with Gasteiger partial charge >= 0.3 is 6.18 Å². The summed E-state index contributed by atoms with van der Waals surface area (Å²) in [5, 5.41) is 0.457. The van der Waals surface area contributed by atoms with Crippen LogP contribution in [0.1, 0.15) is 29.7 Å². The van der Waals surface area contributed by atoms with Gasteiger partial charge in [0.05, 0.1) is 47.5 Å². The molecule has 2 aliphatic heterocycles. The Morgan fingerprint density at radius 1 is 1.29 bits per heavy atom. The SMILES string of the molecule is C[C@H]1c2c(Cl)cc(C(F)(F)F)cc2CCN1C(=O)[C@H]1CN(c2cncc3nc(N)sc23)CCO1. The Hall–Kier alpha value is -2.63. The molecule has 0 saturated carbocycles. The minimum absolute atomic E-state index is 0.0153. The number of hydrogen-bond donors (Lipinski definition) is 1. The number of alkyl halides is 3. The molecule has 0 aliphatic carbocycles. The van der Waals surface area contributed by atoms with Crippen LogP contribution in [0.5, 0.6) is 0 Å². The summed E-state index contributed by atoms with van der Waals surface area (Å²) in [5.41, 5.74) is 7.69. The molecule has 180 valence electrons. The molecule has 2 aromatic heterocycles. The van der Waals surface area contributed by atoms with E-state index in [2.05, 4.69) is 9.97 Å². The highest BCUT2D eigenvalue weighted by molar-refractivity contribution is 7.22. The smallest absolute Gasteiger partial charge is 0.375 e. The second-order valence-electron chi connectivity index (χ2n) is 8.35. The van der Waals surface area contributed by atoms with Crippen LogP contribution >= 0.6 is 22.9 Å². The normalized spacial score (nSPS) is 21.1. The lowest BCUT2D eigenvalue weighted by Crippen LogP contribution is -2.53. The van der Waals surface area contributed by atoms with Crippen molar-refractivity contribution in [2.45, 2.75) is 31.7 Å². The fourth-order valence-corrected chi connectivity index (χ4v) is 5.93. The second kappa shape index (κ2) is 8.54. The number of benzene rings is 1. The van der Waals surface area contributed by atoms with Crippen molar-refractivity contribution in [2.24, 2.45) is 0 Å². The lowest BCUT2D eigenvalue weighted by molar-refractivity contribution is -0.147. The summed E-state index contributed by atoms with van der Waals surface area (Å²) >= 11 is 7.63. The van der Waals surface area contributed by atoms with Crippen molar-refractivity contribution in [2.75, 3.05) is 36.9 Å². The number of nitrogens with zero attached hydrogens (tertiary/aromatic N) is 4. The zero-order valence-electron chi connectivity index (χ0n) is 18.1. The Labute approximate surface area is 202 Å². The summed E-state index contributed by atoms with van der Waals surface area (Å²) in [6.07, 6.45) is -1.55. The lowest BCUT2D eigenvalue weighted by atomic mass is 9.91. The molecule has 2 atom stereocenters. The van der Waals surface area contributed by atoms with Gasteiger partial charge in [0, 0.05) is 18.1 Å². The zero-order chi connectivity index (χ0) is 24.2. The predicted octanol–water partition coefficient (Wildman–Crippen LogP) is 4.30. The molecule has 12 heteroatoms. The van der Waals surface area contributed by atoms with Gasteiger partial charge in [0.15, 0.2) is 11.2 Å². The monoisotopic (exact) mass is 511 g/mol. The molecule has 0 spiro atoms. The Bertz CT molecular complexity index is 1270. The topological polar surface area (TPSA) is 84.6 Å². The molecule has 7 nitrogen and oxygen atoms in total. The molecule has 34 heavy (non-hydrogen) atoms. The first kappa shape index (κ1) is 23.1. The number of ether oxygens (including phenoxy) is 1. The number of hydrogen-bond acceptors (Lipinski definition) is 7. The van der Waals surface area contributed by atoms with Crippen LogP contribution in [0.25, 0.3) is 10.2 Å². The third kappa shape index (κ3) is 4.05. The number of nitrogens with two attached hydrogens (primary N) is 1. The van der Waals surface area contributed by atoms with E-state index in [9.17, 15) is 18.0 Å². The Kier molecular flexibility index (Phi) is 5.81. The number of thiazole rings is 1. The second-order valence-corrected chi connectivity index (χ2v) is 9.79. The van der Waals surface area contributed by atoms with E-state index in [1.165, 1.54) is 11.3 Å². The van der Waals surface area contributed by atoms with Crippen molar-refractivity contribution in [3.63, 3.8) is 0 Å². The van der Waals surface area contributed by atoms with E-state index in [0.717, 1.165) is 22.5 Å². The molecule has 0 radical (unpaired) electrons. The Balaban J connectivity index is 1.38. The Morgan fingerprint density at radius 2 is 2.09 bits per heavy atom. The van der Waals surface area contributed by atoms with Crippen molar-refractivity contribution in [3.05, 3.63) is 46.2 Å². The van der Waals surface area contributed by atoms with Crippen LogP contribution in [0, 0.1) is 0 Å². The van der Waals surface area contributed by atoms with Crippen molar-refractivity contribution in [1.82, 2.24) is 14.9 Å². The van der Waals surface area contributed by atoms with Crippen molar-refractivity contribution in [3.8, 4) is 0 Å². The van der Waals surface area contributed by atoms with Gasteiger partial charge in [0.1, 0.15) is 5.52 Å². The average molecular weight is 512 g/mol. The molecule has 4 heterocycles. The van der Waals surface area contributed by atoms with Crippen molar-refractivity contribution < 1.29 is 22.7 Å². The number of carbonyl (C=O) groups excluding carboxylic acids is 1. The van der Waals surface area contributed by atoms with Gasteiger partial charge in [-0.2, -0.15) is 13.2 Å². The molecule has 0 bridgehead atoms. The van der Waals surface area contributed by atoms with E-state index >= 15 is 0 Å². The summed E-state index contributed by atoms with van der Waals surface area (Å²) < 4.78 is 46.3. The fourth-order valence-electron chi connectivity index (χ4n) is 4.69. The van der Waals surface area contributed by atoms with E-state index in [-0.39, 0.29) is 23.9 Å². The molecular weight excluding hydrogens is 491 g/mol. The maximum absolute atomic E-state index is 13.5. The number of fused-ring (bicyclic) bond motifs is 2. The molecule has 2 aliphatic rings. The van der Waals surface area contributed by atoms with Crippen LogP contribution in [0.3, 0.4) is 0 Å². The first-order valence-corrected chi connectivity index (χ1v) is 11.9. The van der Waals surface area contributed by atoms with Crippen LogP contribution < -0.4 is 10.6 Å². The molecule has 5 rings (SSSR count). The first-order chi connectivity index (χ1) is 16.1. The van der Waals surface area contributed by atoms with E-state index in [1.54, 1.807) is 24.2 Å². The number of amides is 1. The van der Waals surface area contributed by atoms with Crippen molar-refractivity contribution >= 4 is 49.9 Å². The van der Waals surface area contributed by atoms with Gasteiger partial charge < -0.3 is 20.3 Å². The number of carbonyl (C=O) groups is 1. The standard InChI is InChI=1S/C22H21ClF3N5O2S/c1-11-18-12(6-13(7-14(18)23)22(24,25)26)2-3-31(11)20(32)17-10-30(4-5-33-17)16-9-28-8-15-19(16)34-21(27)29-15/h6-9,11,17H,2-5,10H2,1H3,(H2,27,29)/t11-,17+/m0/s1. The number of nitrogen functional groups attached to an aromatic ring is 1. The van der Waals surface area contributed by atoms with E-state index in [0.29, 0.717) is 41.5 Å². The summed E-state index contributed by atoms with van der Waals surface area (Å²) in [7, 11) is 0. The number of rotatable bonds is 2. The van der Waals surface area contributed by atoms with Crippen LogP contribution in [-0.4, -0.2) is 53.1 Å². The highest BCUT2D eigenvalue weighted by Crippen LogP contribution is 2.40. The van der Waals surface area contributed by atoms with E-state index in [1.807, 2.05) is 4.90 Å². The van der Waals surface area contributed by atoms with Gasteiger partial charge in [-0.15, -0.1) is 0 Å². The molecule has 2 N–H and O–H groups in total. The number of anilines is 2.